The van der Waals surface area contributed by atoms with E-state index in [9.17, 15) is 9.59 Å². The second kappa shape index (κ2) is 5.98. The molecule has 0 bridgehead atoms. The average molecular weight is 294 g/mol. The Balaban J connectivity index is 2.29. The van der Waals surface area contributed by atoms with Crippen LogP contribution in [-0.2, 0) is 9.59 Å². The van der Waals surface area contributed by atoms with Gasteiger partial charge in [0.1, 0.15) is 11.6 Å². The van der Waals surface area contributed by atoms with E-state index in [0.717, 1.165) is 32.1 Å². The van der Waals surface area contributed by atoms with Crippen LogP contribution in [0.2, 0.25) is 0 Å². The molecule has 4 heteroatoms. The highest BCUT2D eigenvalue weighted by atomic mass is 16.2. The summed E-state index contributed by atoms with van der Waals surface area (Å²) in [5.41, 5.74) is -0.674. The molecule has 0 spiro atoms. The Labute approximate surface area is 128 Å². The molecule has 1 aliphatic carbocycles. The summed E-state index contributed by atoms with van der Waals surface area (Å²) >= 11 is 0. The number of amides is 2. The molecule has 3 unspecified atom stereocenters. The molecule has 0 aromatic carbocycles. The van der Waals surface area contributed by atoms with Gasteiger partial charge in [-0.2, -0.15) is 0 Å². The molecule has 1 N–H and O–H groups in total. The molecular weight excluding hydrogens is 264 g/mol. The largest absolute Gasteiger partial charge is 0.340 e. The zero-order chi connectivity index (χ0) is 15.8. The Morgan fingerprint density at radius 2 is 1.90 bits per heavy atom. The van der Waals surface area contributed by atoms with Crippen molar-refractivity contribution in [1.82, 2.24) is 10.2 Å². The van der Waals surface area contributed by atoms with Gasteiger partial charge in [0, 0.05) is 6.04 Å². The fraction of sp³-hybridized carbons (Fsp3) is 0.882. The number of hydrogen-bond donors (Lipinski definition) is 1. The molecule has 2 rings (SSSR count). The van der Waals surface area contributed by atoms with Crippen molar-refractivity contribution in [3.05, 3.63) is 0 Å². The summed E-state index contributed by atoms with van der Waals surface area (Å²) < 4.78 is 0. The van der Waals surface area contributed by atoms with Gasteiger partial charge < -0.3 is 10.2 Å². The van der Waals surface area contributed by atoms with Crippen LogP contribution in [0.5, 0.6) is 0 Å². The molecule has 3 atom stereocenters. The van der Waals surface area contributed by atoms with Gasteiger partial charge in [-0.25, -0.2) is 0 Å². The first-order chi connectivity index (χ1) is 9.81. The van der Waals surface area contributed by atoms with E-state index >= 15 is 0 Å². The lowest BCUT2D eigenvalue weighted by Crippen LogP contribution is -2.71. The first-order valence-electron chi connectivity index (χ1n) is 8.46. The highest BCUT2D eigenvalue weighted by Gasteiger charge is 2.55. The first-order valence-corrected chi connectivity index (χ1v) is 8.46. The van der Waals surface area contributed by atoms with Crippen molar-refractivity contribution in [2.24, 2.45) is 11.8 Å². The Morgan fingerprint density at radius 3 is 2.38 bits per heavy atom. The molecule has 120 valence electrons. The van der Waals surface area contributed by atoms with Gasteiger partial charge >= 0.3 is 0 Å². The SMILES string of the molecule is CCCC(C)N1C(=O)C(C)(C2CC2)NC(=O)C1CC(C)C. The van der Waals surface area contributed by atoms with E-state index in [1.54, 1.807) is 0 Å². The standard InChI is InChI=1S/C17H30N2O2/c1-6-7-12(4)19-14(10-11(2)3)15(20)18-17(5,16(19)21)13-8-9-13/h11-14H,6-10H2,1-5H3,(H,18,20). The third-order valence-corrected chi connectivity index (χ3v) is 4.97. The van der Waals surface area contributed by atoms with Gasteiger partial charge in [-0.1, -0.05) is 27.2 Å². The second-order valence-corrected chi connectivity index (χ2v) is 7.46. The summed E-state index contributed by atoms with van der Waals surface area (Å²) in [5, 5.41) is 3.06. The van der Waals surface area contributed by atoms with Crippen molar-refractivity contribution >= 4 is 11.8 Å². The van der Waals surface area contributed by atoms with Crippen molar-refractivity contribution in [3.63, 3.8) is 0 Å². The predicted molar refractivity (Wildman–Crippen MR) is 83.7 cm³/mol. The minimum atomic E-state index is -0.674. The van der Waals surface area contributed by atoms with Crippen molar-refractivity contribution in [3.8, 4) is 0 Å². The lowest BCUT2D eigenvalue weighted by Gasteiger charge is -2.47. The Hall–Kier alpha value is -1.06. The molecule has 0 aromatic heterocycles. The molecule has 1 aliphatic heterocycles. The van der Waals surface area contributed by atoms with Crippen LogP contribution in [0.4, 0.5) is 0 Å². The monoisotopic (exact) mass is 294 g/mol. The topological polar surface area (TPSA) is 49.4 Å². The summed E-state index contributed by atoms with van der Waals surface area (Å²) in [6.45, 7) is 10.3. The number of nitrogens with zero attached hydrogens (tertiary/aromatic N) is 1. The van der Waals surface area contributed by atoms with Crippen LogP contribution in [0.3, 0.4) is 0 Å². The van der Waals surface area contributed by atoms with E-state index in [0.29, 0.717) is 11.8 Å². The molecule has 1 saturated carbocycles. The van der Waals surface area contributed by atoms with Gasteiger partial charge in [0.05, 0.1) is 0 Å². The maximum absolute atomic E-state index is 13.1. The van der Waals surface area contributed by atoms with Crippen LogP contribution >= 0.6 is 0 Å². The van der Waals surface area contributed by atoms with Crippen LogP contribution in [0.25, 0.3) is 0 Å². The van der Waals surface area contributed by atoms with Crippen LogP contribution < -0.4 is 5.32 Å². The van der Waals surface area contributed by atoms with Gasteiger partial charge in [0.25, 0.3) is 0 Å². The number of piperazine rings is 1. The van der Waals surface area contributed by atoms with Crippen molar-refractivity contribution in [2.75, 3.05) is 0 Å². The summed E-state index contributed by atoms with van der Waals surface area (Å²) in [6.07, 6.45) is 4.82. The lowest BCUT2D eigenvalue weighted by atomic mass is 9.86. The first kappa shape index (κ1) is 16.3. The fourth-order valence-electron chi connectivity index (χ4n) is 3.60. The third kappa shape index (κ3) is 3.09. The number of nitrogens with one attached hydrogen (secondary N) is 1. The van der Waals surface area contributed by atoms with E-state index in [1.807, 2.05) is 11.8 Å². The Kier molecular flexibility index (Phi) is 4.64. The van der Waals surface area contributed by atoms with Crippen molar-refractivity contribution in [2.45, 2.75) is 84.3 Å². The Bertz CT molecular complexity index is 417. The van der Waals surface area contributed by atoms with Crippen molar-refractivity contribution in [1.29, 1.82) is 0 Å². The molecule has 1 heterocycles. The van der Waals surface area contributed by atoms with E-state index < -0.39 is 5.54 Å². The van der Waals surface area contributed by atoms with E-state index in [-0.39, 0.29) is 23.9 Å². The zero-order valence-corrected chi connectivity index (χ0v) is 14.1. The van der Waals surface area contributed by atoms with Crippen LogP contribution in [0, 0.1) is 11.8 Å². The van der Waals surface area contributed by atoms with Gasteiger partial charge in [0.2, 0.25) is 11.8 Å². The highest BCUT2D eigenvalue weighted by Crippen LogP contribution is 2.43. The number of carbonyl (C=O) groups is 2. The second-order valence-electron chi connectivity index (χ2n) is 7.46. The normalized spacial score (nSPS) is 31.5. The molecule has 4 nitrogen and oxygen atoms in total. The summed E-state index contributed by atoms with van der Waals surface area (Å²) in [7, 11) is 0. The minimum absolute atomic E-state index is 0.0423. The molecule has 2 aliphatic rings. The average Bonchev–Trinajstić information content (AvgIpc) is 3.20. The smallest absolute Gasteiger partial charge is 0.249 e. The summed E-state index contributed by atoms with van der Waals surface area (Å²) in [6, 6.07) is -0.166. The van der Waals surface area contributed by atoms with E-state index in [2.05, 4.69) is 33.0 Å². The molecule has 0 radical (unpaired) electrons. The quantitative estimate of drug-likeness (QED) is 0.819. The maximum Gasteiger partial charge on any atom is 0.249 e. The number of hydrogen-bond acceptors (Lipinski definition) is 2. The molecule has 0 aromatic rings. The zero-order valence-electron chi connectivity index (χ0n) is 14.1. The third-order valence-electron chi connectivity index (χ3n) is 4.97. The Morgan fingerprint density at radius 1 is 1.29 bits per heavy atom. The van der Waals surface area contributed by atoms with Gasteiger partial charge in [-0.05, 0) is 51.4 Å². The van der Waals surface area contributed by atoms with E-state index in [1.165, 1.54) is 0 Å². The fourth-order valence-corrected chi connectivity index (χ4v) is 3.60. The van der Waals surface area contributed by atoms with Gasteiger partial charge in [-0.3, -0.25) is 9.59 Å². The van der Waals surface area contributed by atoms with E-state index in [4.69, 9.17) is 0 Å². The molecule has 2 fully saturated rings. The maximum atomic E-state index is 13.1. The molecular formula is C17H30N2O2. The van der Waals surface area contributed by atoms with Gasteiger partial charge in [0.15, 0.2) is 0 Å². The van der Waals surface area contributed by atoms with Crippen LogP contribution in [-0.4, -0.2) is 34.3 Å². The van der Waals surface area contributed by atoms with Gasteiger partial charge in [-0.15, -0.1) is 0 Å². The predicted octanol–water partition coefficient (Wildman–Crippen LogP) is 2.72. The molecule has 1 saturated heterocycles. The number of carbonyl (C=O) groups excluding carboxylic acids is 2. The molecule has 21 heavy (non-hydrogen) atoms. The van der Waals surface area contributed by atoms with Crippen molar-refractivity contribution < 1.29 is 9.59 Å². The molecule has 2 amide bonds. The lowest BCUT2D eigenvalue weighted by molar-refractivity contribution is -0.158. The number of rotatable bonds is 6. The summed E-state index contributed by atoms with van der Waals surface area (Å²) in [5.74, 6) is 0.900. The summed E-state index contributed by atoms with van der Waals surface area (Å²) in [4.78, 5) is 27.6. The van der Waals surface area contributed by atoms with Crippen LogP contribution in [0.1, 0.15) is 66.7 Å². The highest BCUT2D eigenvalue weighted by molar-refractivity contribution is 6.00. The van der Waals surface area contributed by atoms with Crippen LogP contribution in [0.15, 0.2) is 0 Å². The minimum Gasteiger partial charge on any atom is -0.340 e.